The van der Waals surface area contributed by atoms with E-state index in [0.717, 1.165) is 25.7 Å². The van der Waals surface area contributed by atoms with Gasteiger partial charge in [0.05, 0.1) is 4.92 Å². The molecule has 2 aliphatic rings. The van der Waals surface area contributed by atoms with Gasteiger partial charge in [-0.05, 0) is 31.7 Å². The van der Waals surface area contributed by atoms with E-state index in [4.69, 9.17) is 0 Å². The third-order valence-electron chi connectivity index (χ3n) is 4.61. The number of benzene rings is 1. The fourth-order valence-electron chi connectivity index (χ4n) is 3.45. The molecule has 0 aromatic heterocycles. The molecule has 1 aromatic carbocycles. The average molecular weight is 317 g/mol. The second kappa shape index (κ2) is 6.36. The summed E-state index contributed by atoms with van der Waals surface area (Å²) < 4.78 is 0. The number of hydrogen-bond acceptors (Lipinski definition) is 5. The highest BCUT2D eigenvalue weighted by Crippen LogP contribution is 2.31. The third kappa shape index (κ3) is 3.18. The number of nitro benzene ring substituents is 1. The van der Waals surface area contributed by atoms with Crippen LogP contribution < -0.4 is 5.32 Å². The van der Waals surface area contributed by atoms with Crippen molar-refractivity contribution in [1.29, 1.82) is 0 Å². The molecule has 3 rings (SSSR count). The number of rotatable bonds is 4. The molecule has 2 fully saturated rings. The highest BCUT2D eigenvalue weighted by Gasteiger charge is 2.37. The number of carbonyl (C=O) groups is 2. The Labute approximate surface area is 133 Å². The van der Waals surface area contributed by atoms with E-state index in [9.17, 15) is 19.7 Å². The summed E-state index contributed by atoms with van der Waals surface area (Å²) in [5.41, 5.74) is 0.591. The fraction of sp³-hybridized carbons (Fsp3) is 0.500. The Balaban J connectivity index is 1.61. The van der Waals surface area contributed by atoms with Crippen molar-refractivity contribution in [2.75, 3.05) is 5.32 Å². The smallest absolute Gasteiger partial charge is 0.292 e. The SMILES string of the molecule is O=C1CCC(=O)N1C1CCC(Nc2ccccc2[N+](=O)[O-])CC1. The van der Waals surface area contributed by atoms with Gasteiger partial charge in [0, 0.05) is 31.0 Å². The van der Waals surface area contributed by atoms with Gasteiger partial charge in [-0.1, -0.05) is 12.1 Å². The van der Waals surface area contributed by atoms with Gasteiger partial charge < -0.3 is 5.32 Å². The van der Waals surface area contributed by atoms with Crippen molar-refractivity contribution >= 4 is 23.2 Å². The van der Waals surface area contributed by atoms with E-state index in [1.165, 1.54) is 11.0 Å². The number of nitrogens with one attached hydrogen (secondary N) is 1. The van der Waals surface area contributed by atoms with Crippen molar-refractivity contribution in [3.63, 3.8) is 0 Å². The molecule has 1 aliphatic heterocycles. The molecule has 0 atom stereocenters. The standard InChI is InChI=1S/C16H19N3O4/c20-15-9-10-16(21)18(15)12-7-5-11(6-8-12)17-13-3-1-2-4-14(13)19(22)23/h1-4,11-12,17H,5-10H2. The molecule has 1 N–H and O–H groups in total. The minimum Gasteiger partial charge on any atom is -0.377 e. The number of hydrogen-bond donors (Lipinski definition) is 1. The van der Waals surface area contributed by atoms with E-state index in [1.807, 2.05) is 0 Å². The second-order valence-corrected chi connectivity index (χ2v) is 6.08. The van der Waals surface area contributed by atoms with Crippen molar-refractivity contribution in [2.24, 2.45) is 0 Å². The Bertz CT molecular complexity index is 622. The zero-order chi connectivity index (χ0) is 16.4. The third-order valence-corrected chi connectivity index (χ3v) is 4.61. The van der Waals surface area contributed by atoms with Gasteiger partial charge >= 0.3 is 0 Å². The minimum absolute atomic E-state index is 0.0127. The van der Waals surface area contributed by atoms with Gasteiger partial charge in [-0.2, -0.15) is 0 Å². The summed E-state index contributed by atoms with van der Waals surface area (Å²) in [7, 11) is 0. The molecule has 23 heavy (non-hydrogen) atoms. The molecule has 0 radical (unpaired) electrons. The molecule has 1 aromatic rings. The van der Waals surface area contributed by atoms with E-state index in [2.05, 4.69) is 5.32 Å². The summed E-state index contributed by atoms with van der Waals surface area (Å²) in [6.45, 7) is 0. The van der Waals surface area contributed by atoms with Gasteiger partial charge in [0.15, 0.2) is 0 Å². The molecule has 2 amide bonds. The molecule has 7 heteroatoms. The molecule has 7 nitrogen and oxygen atoms in total. The van der Waals surface area contributed by atoms with Gasteiger partial charge in [0.25, 0.3) is 5.69 Å². The number of imide groups is 1. The topological polar surface area (TPSA) is 92.6 Å². The van der Waals surface area contributed by atoms with Crippen LogP contribution in [0.3, 0.4) is 0 Å². The molecule has 0 unspecified atom stereocenters. The Morgan fingerprint density at radius 1 is 1.04 bits per heavy atom. The van der Waals surface area contributed by atoms with Crippen LogP contribution in [0.1, 0.15) is 38.5 Å². The van der Waals surface area contributed by atoms with Crippen molar-refractivity contribution in [3.05, 3.63) is 34.4 Å². The first-order chi connectivity index (χ1) is 11.1. The van der Waals surface area contributed by atoms with Crippen molar-refractivity contribution in [3.8, 4) is 0 Å². The zero-order valence-electron chi connectivity index (χ0n) is 12.7. The van der Waals surface area contributed by atoms with Crippen LogP contribution in [-0.4, -0.2) is 33.7 Å². The van der Waals surface area contributed by atoms with Crippen LogP contribution in [0.25, 0.3) is 0 Å². The monoisotopic (exact) mass is 317 g/mol. The molecule has 1 saturated carbocycles. The van der Waals surface area contributed by atoms with Gasteiger partial charge in [-0.15, -0.1) is 0 Å². The molecule has 122 valence electrons. The van der Waals surface area contributed by atoms with Crippen molar-refractivity contribution < 1.29 is 14.5 Å². The van der Waals surface area contributed by atoms with Crippen molar-refractivity contribution in [2.45, 2.75) is 50.6 Å². The molecule has 0 spiro atoms. The summed E-state index contributed by atoms with van der Waals surface area (Å²) in [6.07, 6.45) is 3.72. The predicted octanol–water partition coefficient (Wildman–Crippen LogP) is 2.47. The Kier molecular flexibility index (Phi) is 4.27. The number of para-hydroxylation sites is 2. The van der Waals surface area contributed by atoms with Gasteiger partial charge in [0.2, 0.25) is 11.8 Å². The van der Waals surface area contributed by atoms with E-state index >= 15 is 0 Å². The Morgan fingerprint density at radius 3 is 2.26 bits per heavy atom. The van der Waals surface area contributed by atoms with Gasteiger partial charge in [-0.25, -0.2) is 0 Å². The lowest BCUT2D eigenvalue weighted by molar-refractivity contribution is -0.384. The number of nitro groups is 1. The first kappa shape index (κ1) is 15.5. The van der Waals surface area contributed by atoms with Gasteiger partial charge in [-0.3, -0.25) is 24.6 Å². The number of amides is 2. The summed E-state index contributed by atoms with van der Waals surface area (Å²) in [6, 6.07) is 6.71. The number of carbonyl (C=O) groups excluding carboxylic acids is 2. The average Bonchev–Trinajstić information content (AvgIpc) is 2.87. The molecular weight excluding hydrogens is 298 g/mol. The maximum absolute atomic E-state index is 11.8. The molecule has 1 aliphatic carbocycles. The van der Waals surface area contributed by atoms with Crippen molar-refractivity contribution in [1.82, 2.24) is 4.90 Å². The number of nitrogens with zero attached hydrogens (tertiary/aromatic N) is 2. The summed E-state index contributed by atoms with van der Waals surface area (Å²) in [5.74, 6) is -0.129. The highest BCUT2D eigenvalue weighted by atomic mass is 16.6. The second-order valence-electron chi connectivity index (χ2n) is 6.08. The predicted molar refractivity (Wildman–Crippen MR) is 83.9 cm³/mol. The lowest BCUT2D eigenvalue weighted by Gasteiger charge is -2.34. The Hall–Kier alpha value is -2.44. The first-order valence-corrected chi connectivity index (χ1v) is 7.91. The minimum atomic E-state index is -0.393. The maximum Gasteiger partial charge on any atom is 0.292 e. The highest BCUT2D eigenvalue weighted by molar-refractivity contribution is 6.02. The first-order valence-electron chi connectivity index (χ1n) is 7.91. The molecule has 1 heterocycles. The molecule has 0 bridgehead atoms. The Morgan fingerprint density at radius 2 is 1.65 bits per heavy atom. The van der Waals surface area contributed by atoms with Crippen LogP contribution in [0.5, 0.6) is 0 Å². The van der Waals surface area contributed by atoms with Crippen LogP contribution in [0.4, 0.5) is 11.4 Å². The lowest BCUT2D eigenvalue weighted by atomic mass is 9.90. The largest absolute Gasteiger partial charge is 0.377 e. The quantitative estimate of drug-likeness (QED) is 0.523. The van der Waals surface area contributed by atoms with E-state index in [0.29, 0.717) is 18.5 Å². The normalized spacial score (nSPS) is 24.8. The van der Waals surface area contributed by atoms with E-state index < -0.39 is 4.92 Å². The molecule has 1 saturated heterocycles. The van der Waals surface area contributed by atoms with Crippen LogP contribution >= 0.6 is 0 Å². The van der Waals surface area contributed by atoms with E-state index in [1.54, 1.807) is 18.2 Å². The summed E-state index contributed by atoms with van der Waals surface area (Å²) in [5, 5.41) is 14.3. The van der Waals surface area contributed by atoms with Crippen LogP contribution in [0.15, 0.2) is 24.3 Å². The number of anilines is 1. The van der Waals surface area contributed by atoms with Crippen LogP contribution in [0, 0.1) is 10.1 Å². The maximum atomic E-state index is 11.8. The zero-order valence-corrected chi connectivity index (χ0v) is 12.7. The number of likely N-dealkylation sites (tertiary alicyclic amines) is 1. The summed E-state index contributed by atoms with van der Waals surface area (Å²) in [4.78, 5) is 35.7. The molecular formula is C16H19N3O4. The van der Waals surface area contributed by atoms with Gasteiger partial charge in [0.1, 0.15) is 5.69 Å². The summed E-state index contributed by atoms with van der Waals surface area (Å²) >= 11 is 0. The fourth-order valence-corrected chi connectivity index (χ4v) is 3.45. The van der Waals surface area contributed by atoms with E-state index in [-0.39, 0.29) is 29.6 Å². The lowest BCUT2D eigenvalue weighted by Crippen LogP contribution is -2.43. The van der Waals surface area contributed by atoms with Crippen LogP contribution in [-0.2, 0) is 9.59 Å². The van der Waals surface area contributed by atoms with Crippen LogP contribution in [0.2, 0.25) is 0 Å².